The summed E-state index contributed by atoms with van der Waals surface area (Å²) in [6.07, 6.45) is 2.01. The lowest BCUT2D eigenvalue weighted by Gasteiger charge is -2.06. The van der Waals surface area contributed by atoms with Crippen LogP contribution in [0.3, 0.4) is 0 Å². The molecule has 5 heteroatoms. The minimum Gasteiger partial charge on any atom is -0.383 e. The van der Waals surface area contributed by atoms with Gasteiger partial charge >= 0.3 is 0 Å². The van der Waals surface area contributed by atoms with E-state index in [1.54, 1.807) is 11.3 Å². The van der Waals surface area contributed by atoms with Crippen LogP contribution in [0.15, 0.2) is 6.07 Å². The SMILES string of the molecule is CCc1cc2c(N)nc(C3CCOC3)nc2s1. The molecule has 0 bridgehead atoms. The van der Waals surface area contributed by atoms with E-state index in [1.807, 2.05) is 0 Å². The Morgan fingerprint density at radius 1 is 1.53 bits per heavy atom. The third kappa shape index (κ3) is 1.89. The van der Waals surface area contributed by atoms with E-state index in [4.69, 9.17) is 10.5 Å². The Morgan fingerprint density at radius 3 is 3.12 bits per heavy atom. The van der Waals surface area contributed by atoms with Gasteiger partial charge < -0.3 is 10.5 Å². The third-order valence-electron chi connectivity index (χ3n) is 3.13. The van der Waals surface area contributed by atoms with Gasteiger partial charge in [0, 0.05) is 17.4 Å². The number of nitrogens with zero attached hydrogens (tertiary/aromatic N) is 2. The largest absolute Gasteiger partial charge is 0.383 e. The summed E-state index contributed by atoms with van der Waals surface area (Å²) in [5, 5.41) is 0.995. The van der Waals surface area contributed by atoms with Crippen molar-refractivity contribution in [2.75, 3.05) is 18.9 Å². The van der Waals surface area contributed by atoms with Gasteiger partial charge in [0.25, 0.3) is 0 Å². The predicted octanol–water partition coefficient (Wildman–Crippen LogP) is 2.34. The van der Waals surface area contributed by atoms with Crippen LogP contribution in [0.5, 0.6) is 0 Å². The van der Waals surface area contributed by atoms with Crippen molar-refractivity contribution >= 4 is 27.4 Å². The molecule has 1 saturated heterocycles. The van der Waals surface area contributed by atoms with E-state index in [1.165, 1.54) is 4.88 Å². The molecule has 1 unspecified atom stereocenters. The Hall–Kier alpha value is -1.20. The van der Waals surface area contributed by atoms with Crippen LogP contribution in [-0.4, -0.2) is 23.2 Å². The number of rotatable bonds is 2. The molecule has 1 atom stereocenters. The highest BCUT2D eigenvalue weighted by molar-refractivity contribution is 7.18. The third-order valence-corrected chi connectivity index (χ3v) is 4.31. The zero-order chi connectivity index (χ0) is 11.8. The van der Waals surface area contributed by atoms with Crippen molar-refractivity contribution in [2.45, 2.75) is 25.7 Å². The number of hydrogen-bond acceptors (Lipinski definition) is 5. The number of hydrogen-bond donors (Lipinski definition) is 1. The van der Waals surface area contributed by atoms with Gasteiger partial charge in [-0.15, -0.1) is 11.3 Å². The molecule has 0 amide bonds. The number of anilines is 1. The first-order valence-electron chi connectivity index (χ1n) is 5.91. The molecule has 2 aromatic rings. The lowest BCUT2D eigenvalue weighted by Crippen LogP contribution is -2.06. The number of fused-ring (bicyclic) bond motifs is 1. The molecule has 0 aromatic carbocycles. The summed E-state index contributed by atoms with van der Waals surface area (Å²) < 4.78 is 5.37. The zero-order valence-electron chi connectivity index (χ0n) is 9.77. The van der Waals surface area contributed by atoms with Crippen LogP contribution in [0.1, 0.15) is 30.0 Å². The van der Waals surface area contributed by atoms with Crippen molar-refractivity contribution in [3.05, 3.63) is 16.8 Å². The van der Waals surface area contributed by atoms with Gasteiger partial charge in [-0.3, -0.25) is 0 Å². The molecule has 4 nitrogen and oxygen atoms in total. The molecule has 3 rings (SSSR count). The summed E-state index contributed by atoms with van der Waals surface area (Å²) in [6, 6.07) is 2.10. The van der Waals surface area contributed by atoms with Crippen LogP contribution in [-0.2, 0) is 11.2 Å². The lowest BCUT2D eigenvalue weighted by atomic mass is 10.1. The zero-order valence-corrected chi connectivity index (χ0v) is 10.6. The second kappa shape index (κ2) is 4.23. The second-order valence-corrected chi connectivity index (χ2v) is 5.43. The molecular formula is C12H15N3OS. The van der Waals surface area contributed by atoms with Crippen molar-refractivity contribution in [1.82, 2.24) is 9.97 Å². The van der Waals surface area contributed by atoms with Crippen molar-refractivity contribution in [1.29, 1.82) is 0 Å². The second-order valence-electron chi connectivity index (χ2n) is 4.31. The Bertz CT molecular complexity index is 546. The van der Waals surface area contributed by atoms with E-state index >= 15 is 0 Å². The molecule has 1 aliphatic heterocycles. The first kappa shape index (κ1) is 10.9. The van der Waals surface area contributed by atoms with Crippen molar-refractivity contribution in [2.24, 2.45) is 0 Å². The van der Waals surface area contributed by atoms with Gasteiger partial charge in [0.15, 0.2) is 0 Å². The molecule has 90 valence electrons. The average Bonchev–Trinajstić information content (AvgIpc) is 2.97. The Labute approximate surface area is 104 Å². The molecule has 1 aliphatic rings. The maximum Gasteiger partial charge on any atom is 0.137 e. The van der Waals surface area contributed by atoms with Crippen LogP contribution in [0.2, 0.25) is 0 Å². The van der Waals surface area contributed by atoms with Crippen LogP contribution >= 0.6 is 11.3 Å². The van der Waals surface area contributed by atoms with Gasteiger partial charge in [0.1, 0.15) is 16.5 Å². The molecule has 17 heavy (non-hydrogen) atoms. The molecule has 0 saturated carbocycles. The lowest BCUT2D eigenvalue weighted by molar-refractivity contribution is 0.193. The van der Waals surface area contributed by atoms with E-state index in [9.17, 15) is 0 Å². The summed E-state index contributed by atoms with van der Waals surface area (Å²) in [7, 11) is 0. The van der Waals surface area contributed by atoms with Gasteiger partial charge in [-0.05, 0) is 18.9 Å². The van der Waals surface area contributed by atoms with Gasteiger partial charge in [0.05, 0.1) is 12.0 Å². The van der Waals surface area contributed by atoms with Crippen molar-refractivity contribution in [3.8, 4) is 0 Å². The van der Waals surface area contributed by atoms with Crippen LogP contribution in [0.25, 0.3) is 10.2 Å². The number of aromatic nitrogens is 2. The Balaban J connectivity index is 2.09. The summed E-state index contributed by atoms with van der Waals surface area (Å²) in [5.74, 6) is 1.76. The highest BCUT2D eigenvalue weighted by Gasteiger charge is 2.22. The predicted molar refractivity (Wildman–Crippen MR) is 69.4 cm³/mol. The van der Waals surface area contributed by atoms with E-state index in [0.29, 0.717) is 11.7 Å². The van der Waals surface area contributed by atoms with E-state index in [-0.39, 0.29) is 0 Å². The molecule has 2 N–H and O–H groups in total. The molecule has 0 radical (unpaired) electrons. The number of nitrogens with two attached hydrogens (primary N) is 1. The number of thiophene rings is 1. The average molecular weight is 249 g/mol. The molecule has 3 heterocycles. The molecular weight excluding hydrogens is 234 g/mol. The fourth-order valence-electron chi connectivity index (χ4n) is 2.11. The van der Waals surface area contributed by atoms with Crippen molar-refractivity contribution < 1.29 is 4.74 Å². The minimum absolute atomic E-state index is 0.314. The quantitative estimate of drug-likeness (QED) is 0.887. The van der Waals surface area contributed by atoms with E-state index in [2.05, 4.69) is 23.0 Å². The van der Waals surface area contributed by atoms with Gasteiger partial charge in [0.2, 0.25) is 0 Å². The molecule has 2 aromatic heterocycles. The fourth-order valence-corrected chi connectivity index (χ4v) is 3.09. The van der Waals surface area contributed by atoms with Crippen LogP contribution in [0.4, 0.5) is 5.82 Å². The molecule has 1 fully saturated rings. The van der Waals surface area contributed by atoms with Gasteiger partial charge in [-0.1, -0.05) is 6.92 Å². The van der Waals surface area contributed by atoms with Gasteiger partial charge in [-0.25, -0.2) is 9.97 Å². The van der Waals surface area contributed by atoms with Crippen LogP contribution in [0, 0.1) is 0 Å². The smallest absolute Gasteiger partial charge is 0.137 e. The summed E-state index contributed by atoms with van der Waals surface area (Å²) in [6.45, 7) is 3.66. The maximum atomic E-state index is 6.01. The highest BCUT2D eigenvalue weighted by Crippen LogP contribution is 2.31. The number of ether oxygens (including phenoxy) is 1. The normalized spacial score (nSPS) is 20.2. The summed E-state index contributed by atoms with van der Waals surface area (Å²) in [5.41, 5.74) is 6.01. The standard InChI is InChI=1S/C12H15N3OS/c1-2-8-5-9-10(13)14-11(15-12(9)17-8)7-3-4-16-6-7/h5,7H,2-4,6H2,1H3,(H2,13,14,15). The van der Waals surface area contributed by atoms with Crippen molar-refractivity contribution in [3.63, 3.8) is 0 Å². The maximum absolute atomic E-state index is 6.01. The highest BCUT2D eigenvalue weighted by atomic mass is 32.1. The number of nitrogen functional groups attached to an aromatic ring is 1. The summed E-state index contributed by atoms with van der Waals surface area (Å²) in [4.78, 5) is 11.4. The van der Waals surface area contributed by atoms with E-state index in [0.717, 1.165) is 42.1 Å². The number of aryl methyl sites for hydroxylation is 1. The molecule has 0 spiro atoms. The monoisotopic (exact) mass is 249 g/mol. The minimum atomic E-state index is 0.314. The first-order valence-corrected chi connectivity index (χ1v) is 6.73. The topological polar surface area (TPSA) is 61.0 Å². The van der Waals surface area contributed by atoms with Crippen LogP contribution < -0.4 is 5.73 Å². The Kier molecular flexibility index (Phi) is 2.72. The fraction of sp³-hybridized carbons (Fsp3) is 0.500. The summed E-state index contributed by atoms with van der Waals surface area (Å²) >= 11 is 1.71. The van der Waals surface area contributed by atoms with E-state index < -0.39 is 0 Å². The first-order chi connectivity index (χ1) is 8.28. The Morgan fingerprint density at radius 2 is 2.41 bits per heavy atom. The molecule has 0 aliphatic carbocycles. The van der Waals surface area contributed by atoms with Gasteiger partial charge in [-0.2, -0.15) is 0 Å².